The van der Waals surface area contributed by atoms with Crippen LogP contribution in [0.2, 0.25) is 0 Å². The van der Waals surface area contributed by atoms with Crippen molar-refractivity contribution < 1.29 is 14.3 Å². The number of pyridine rings is 1. The van der Waals surface area contributed by atoms with E-state index in [1.807, 2.05) is 42.5 Å². The molecule has 0 aliphatic heterocycles. The summed E-state index contributed by atoms with van der Waals surface area (Å²) in [6.45, 7) is 3.18. The normalized spacial score (nSPS) is 10.1. The Bertz CT molecular complexity index is 662. The SMILES string of the molecule is CC(=O)N(CCNC(=O)CCOc1ccccc1)Cc1cccnc1. The molecule has 2 rings (SSSR count). The van der Waals surface area contributed by atoms with Crippen molar-refractivity contribution in [2.75, 3.05) is 19.7 Å². The van der Waals surface area contributed by atoms with E-state index < -0.39 is 0 Å². The van der Waals surface area contributed by atoms with Gasteiger partial charge in [0.05, 0.1) is 13.0 Å². The number of carbonyl (C=O) groups excluding carboxylic acids is 2. The maximum absolute atomic E-state index is 11.8. The van der Waals surface area contributed by atoms with Crippen molar-refractivity contribution in [3.63, 3.8) is 0 Å². The average Bonchev–Trinajstić information content (AvgIpc) is 2.62. The zero-order valence-corrected chi connectivity index (χ0v) is 14.4. The maximum atomic E-state index is 11.8. The highest BCUT2D eigenvalue weighted by Gasteiger charge is 2.10. The van der Waals surface area contributed by atoms with Crippen molar-refractivity contribution in [3.05, 3.63) is 60.4 Å². The minimum Gasteiger partial charge on any atom is -0.493 e. The van der Waals surface area contributed by atoms with Gasteiger partial charge in [-0.2, -0.15) is 0 Å². The second kappa shape index (κ2) is 10.1. The van der Waals surface area contributed by atoms with Gasteiger partial charge >= 0.3 is 0 Å². The number of benzene rings is 1. The molecule has 25 heavy (non-hydrogen) atoms. The number of hydrogen-bond acceptors (Lipinski definition) is 4. The molecule has 0 atom stereocenters. The molecule has 1 N–H and O–H groups in total. The summed E-state index contributed by atoms with van der Waals surface area (Å²) in [5.41, 5.74) is 0.959. The fraction of sp³-hybridized carbons (Fsp3) is 0.316. The highest BCUT2D eigenvalue weighted by Crippen LogP contribution is 2.08. The lowest BCUT2D eigenvalue weighted by Gasteiger charge is -2.21. The highest BCUT2D eigenvalue weighted by molar-refractivity contribution is 5.76. The molecular formula is C19H23N3O3. The van der Waals surface area contributed by atoms with E-state index in [1.165, 1.54) is 6.92 Å². The monoisotopic (exact) mass is 341 g/mol. The average molecular weight is 341 g/mol. The summed E-state index contributed by atoms with van der Waals surface area (Å²) in [6, 6.07) is 13.1. The molecule has 0 spiro atoms. The highest BCUT2D eigenvalue weighted by atomic mass is 16.5. The van der Waals surface area contributed by atoms with Gasteiger partial charge in [-0.3, -0.25) is 14.6 Å². The standard InChI is InChI=1S/C19H23N3O3/c1-16(23)22(15-17-6-5-10-20-14-17)12-11-21-19(24)9-13-25-18-7-3-2-4-8-18/h2-8,10,14H,9,11-13,15H2,1H3,(H,21,24). The van der Waals surface area contributed by atoms with E-state index >= 15 is 0 Å². The molecule has 6 nitrogen and oxygen atoms in total. The van der Waals surface area contributed by atoms with Gasteiger partial charge in [0.25, 0.3) is 0 Å². The molecule has 1 aromatic carbocycles. The Labute approximate surface area is 147 Å². The van der Waals surface area contributed by atoms with Crippen molar-refractivity contribution in [2.24, 2.45) is 0 Å². The van der Waals surface area contributed by atoms with Crippen LogP contribution < -0.4 is 10.1 Å². The van der Waals surface area contributed by atoms with Crippen molar-refractivity contribution in [1.82, 2.24) is 15.2 Å². The summed E-state index contributed by atoms with van der Waals surface area (Å²) in [5, 5.41) is 2.81. The van der Waals surface area contributed by atoms with Crippen LogP contribution in [0.5, 0.6) is 5.75 Å². The lowest BCUT2D eigenvalue weighted by Crippen LogP contribution is -2.37. The van der Waals surface area contributed by atoms with E-state index in [1.54, 1.807) is 17.3 Å². The van der Waals surface area contributed by atoms with Gasteiger partial charge in [-0.25, -0.2) is 0 Å². The molecule has 0 unspecified atom stereocenters. The summed E-state index contributed by atoms with van der Waals surface area (Å²) < 4.78 is 5.49. The van der Waals surface area contributed by atoms with Gasteiger partial charge in [0.1, 0.15) is 5.75 Å². The van der Waals surface area contributed by atoms with Crippen LogP contribution in [0.3, 0.4) is 0 Å². The van der Waals surface area contributed by atoms with Crippen LogP contribution in [0.4, 0.5) is 0 Å². The minimum absolute atomic E-state index is 0.0366. The van der Waals surface area contributed by atoms with Gasteiger partial charge in [-0.1, -0.05) is 24.3 Å². The number of nitrogens with zero attached hydrogens (tertiary/aromatic N) is 2. The van der Waals surface area contributed by atoms with E-state index in [0.29, 0.717) is 26.2 Å². The lowest BCUT2D eigenvalue weighted by molar-refractivity contribution is -0.130. The van der Waals surface area contributed by atoms with Crippen molar-refractivity contribution in [1.29, 1.82) is 0 Å². The number of aromatic nitrogens is 1. The summed E-state index contributed by atoms with van der Waals surface area (Å²) >= 11 is 0. The summed E-state index contributed by atoms with van der Waals surface area (Å²) in [5.74, 6) is 0.612. The fourth-order valence-electron chi connectivity index (χ4n) is 2.26. The topological polar surface area (TPSA) is 71.5 Å². The van der Waals surface area contributed by atoms with Crippen molar-refractivity contribution in [3.8, 4) is 5.75 Å². The molecule has 0 aliphatic carbocycles. The van der Waals surface area contributed by atoms with Gasteiger partial charge in [-0.15, -0.1) is 0 Å². The zero-order chi connectivity index (χ0) is 17.9. The van der Waals surface area contributed by atoms with E-state index in [9.17, 15) is 9.59 Å². The van der Waals surface area contributed by atoms with Crippen LogP contribution in [-0.2, 0) is 16.1 Å². The third-order valence-electron chi connectivity index (χ3n) is 3.59. The Hall–Kier alpha value is -2.89. The number of para-hydroxylation sites is 1. The largest absolute Gasteiger partial charge is 0.493 e. The van der Waals surface area contributed by atoms with Crippen LogP contribution in [0, 0.1) is 0 Å². The van der Waals surface area contributed by atoms with E-state index in [-0.39, 0.29) is 18.2 Å². The smallest absolute Gasteiger partial charge is 0.223 e. The summed E-state index contributed by atoms with van der Waals surface area (Å²) in [4.78, 5) is 29.3. The molecule has 6 heteroatoms. The van der Waals surface area contributed by atoms with E-state index in [2.05, 4.69) is 10.3 Å². The van der Waals surface area contributed by atoms with Crippen molar-refractivity contribution >= 4 is 11.8 Å². The Kier molecular flexibility index (Phi) is 7.43. The Morgan fingerprint density at radius 2 is 1.96 bits per heavy atom. The molecule has 132 valence electrons. The number of nitrogens with one attached hydrogen (secondary N) is 1. The van der Waals surface area contributed by atoms with Crippen LogP contribution in [-0.4, -0.2) is 41.4 Å². The maximum Gasteiger partial charge on any atom is 0.223 e. The molecule has 0 saturated heterocycles. The second-order valence-electron chi connectivity index (χ2n) is 5.56. The molecule has 1 heterocycles. The molecule has 1 aromatic heterocycles. The van der Waals surface area contributed by atoms with Gasteiger partial charge in [0.15, 0.2) is 0 Å². The van der Waals surface area contributed by atoms with Gasteiger partial charge < -0.3 is 15.0 Å². The first-order valence-electron chi connectivity index (χ1n) is 8.24. The predicted molar refractivity (Wildman–Crippen MR) is 94.9 cm³/mol. The Morgan fingerprint density at radius 3 is 2.64 bits per heavy atom. The third-order valence-corrected chi connectivity index (χ3v) is 3.59. The van der Waals surface area contributed by atoms with Crippen LogP contribution in [0.25, 0.3) is 0 Å². The number of amides is 2. The van der Waals surface area contributed by atoms with Crippen LogP contribution in [0.1, 0.15) is 18.9 Å². The van der Waals surface area contributed by atoms with E-state index in [4.69, 9.17) is 4.74 Å². The first-order chi connectivity index (χ1) is 12.1. The minimum atomic E-state index is -0.0965. The lowest BCUT2D eigenvalue weighted by atomic mass is 10.2. The first kappa shape index (κ1) is 18.4. The van der Waals surface area contributed by atoms with Gasteiger partial charge in [0, 0.05) is 39.0 Å². The summed E-state index contributed by atoms with van der Waals surface area (Å²) in [7, 11) is 0. The quantitative estimate of drug-likeness (QED) is 0.757. The molecule has 0 aliphatic rings. The second-order valence-corrected chi connectivity index (χ2v) is 5.56. The molecule has 0 bridgehead atoms. The predicted octanol–water partition coefficient (Wildman–Crippen LogP) is 2.02. The van der Waals surface area contributed by atoms with Crippen molar-refractivity contribution in [2.45, 2.75) is 19.9 Å². The molecule has 0 radical (unpaired) electrons. The number of carbonyl (C=O) groups is 2. The number of ether oxygens (including phenoxy) is 1. The van der Waals surface area contributed by atoms with Crippen LogP contribution in [0.15, 0.2) is 54.9 Å². The number of rotatable bonds is 9. The van der Waals surface area contributed by atoms with Crippen LogP contribution >= 0.6 is 0 Å². The Morgan fingerprint density at radius 1 is 1.16 bits per heavy atom. The Balaban J connectivity index is 1.66. The zero-order valence-electron chi connectivity index (χ0n) is 14.4. The van der Waals surface area contributed by atoms with E-state index in [0.717, 1.165) is 11.3 Å². The molecule has 0 saturated carbocycles. The summed E-state index contributed by atoms with van der Waals surface area (Å²) in [6.07, 6.45) is 3.70. The first-order valence-corrected chi connectivity index (χ1v) is 8.24. The molecule has 2 aromatic rings. The van der Waals surface area contributed by atoms with Gasteiger partial charge in [-0.05, 0) is 23.8 Å². The third kappa shape index (κ3) is 7.03. The fourth-order valence-corrected chi connectivity index (χ4v) is 2.26. The number of hydrogen-bond donors (Lipinski definition) is 1. The molecular weight excluding hydrogens is 318 g/mol. The molecule has 0 fully saturated rings. The molecule has 2 amide bonds. The van der Waals surface area contributed by atoms with Gasteiger partial charge in [0.2, 0.25) is 11.8 Å².